The highest BCUT2D eigenvalue weighted by atomic mass is 32.2. The van der Waals surface area contributed by atoms with E-state index in [2.05, 4.69) is 10.6 Å². The smallest absolute Gasteiger partial charge is 0.251 e. The minimum absolute atomic E-state index is 0.0171. The Morgan fingerprint density at radius 3 is 2.59 bits per heavy atom. The molecule has 0 unspecified atom stereocenters. The summed E-state index contributed by atoms with van der Waals surface area (Å²) in [7, 11) is -2.00. The maximum Gasteiger partial charge on any atom is 0.251 e. The zero-order chi connectivity index (χ0) is 27.8. The van der Waals surface area contributed by atoms with Crippen molar-refractivity contribution in [3.63, 3.8) is 0 Å². The number of carbonyl (C=O) groups is 1. The SMILES string of the molecule is CCCS(=O)(=O)N(C)c1cccc(C(=O)N[C@@H](Cc2ccccc2)[C@@H](O)CNCc2cccc3c2OCO3)c1. The van der Waals surface area contributed by atoms with Crippen molar-refractivity contribution in [3.05, 3.63) is 89.5 Å². The number of carbonyl (C=O) groups excluding carboxylic acids is 1. The van der Waals surface area contributed by atoms with Crippen LogP contribution in [0.5, 0.6) is 11.5 Å². The van der Waals surface area contributed by atoms with Crippen molar-refractivity contribution in [2.24, 2.45) is 0 Å². The molecule has 0 aromatic heterocycles. The van der Waals surface area contributed by atoms with Crippen molar-refractivity contribution in [2.75, 3.05) is 30.4 Å². The summed E-state index contributed by atoms with van der Waals surface area (Å²) in [4.78, 5) is 13.3. The summed E-state index contributed by atoms with van der Waals surface area (Å²) in [6.45, 7) is 2.66. The van der Waals surface area contributed by atoms with Crippen molar-refractivity contribution in [1.29, 1.82) is 0 Å². The van der Waals surface area contributed by atoms with E-state index in [-0.39, 0.29) is 19.1 Å². The summed E-state index contributed by atoms with van der Waals surface area (Å²) < 4.78 is 37.2. The number of hydrogen-bond donors (Lipinski definition) is 3. The van der Waals surface area contributed by atoms with Crippen molar-refractivity contribution < 1.29 is 27.8 Å². The predicted molar refractivity (Wildman–Crippen MR) is 151 cm³/mol. The molecule has 0 saturated carbocycles. The Kier molecular flexibility index (Phi) is 9.45. The standard InChI is InChI=1S/C29H35N3O6S/c1-3-15-39(35,36)32(2)24-13-7-11-22(17-24)29(34)31-25(16-21-9-5-4-6-10-21)26(33)19-30-18-23-12-8-14-27-28(23)38-20-37-27/h4-14,17,25-26,30,33H,3,15-16,18-20H2,1-2H3,(H,31,34)/t25-,26-/m0/s1. The maximum absolute atomic E-state index is 13.3. The van der Waals surface area contributed by atoms with Gasteiger partial charge in [-0.25, -0.2) is 8.42 Å². The molecule has 0 radical (unpaired) electrons. The highest BCUT2D eigenvalue weighted by Crippen LogP contribution is 2.35. The number of aliphatic hydroxyl groups is 1. The van der Waals surface area contributed by atoms with E-state index in [4.69, 9.17) is 9.47 Å². The first kappa shape index (κ1) is 28.4. The predicted octanol–water partition coefficient (Wildman–Crippen LogP) is 3.08. The monoisotopic (exact) mass is 553 g/mol. The molecule has 9 nitrogen and oxygen atoms in total. The van der Waals surface area contributed by atoms with Gasteiger partial charge < -0.3 is 25.2 Å². The molecular weight excluding hydrogens is 518 g/mol. The first-order valence-corrected chi connectivity index (χ1v) is 14.6. The molecule has 4 rings (SSSR count). The Labute approximate surface area is 229 Å². The molecule has 3 N–H and O–H groups in total. The minimum atomic E-state index is -3.48. The Morgan fingerprint density at radius 2 is 1.82 bits per heavy atom. The minimum Gasteiger partial charge on any atom is -0.454 e. The van der Waals surface area contributed by atoms with Crippen LogP contribution in [-0.2, 0) is 23.0 Å². The number of aliphatic hydroxyl groups excluding tert-OH is 1. The van der Waals surface area contributed by atoms with Gasteiger partial charge in [0.1, 0.15) is 0 Å². The highest BCUT2D eigenvalue weighted by Gasteiger charge is 2.24. The van der Waals surface area contributed by atoms with Crippen molar-refractivity contribution in [3.8, 4) is 11.5 Å². The van der Waals surface area contributed by atoms with Crippen LogP contribution in [-0.4, -0.2) is 57.7 Å². The molecule has 208 valence electrons. The number of fused-ring (bicyclic) bond motifs is 1. The molecule has 1 amide bonds. The molecule has 0 fully saturated rings. The topological polar surface area (TPSA) is 117 Å². The fraction of sp³-hybridized carbons (Fsp3) is 0.345. The van der Waals surface area contributed by atoms with E-state index in [1.54, 1.807) is 31.2 Å². The number of hydrogen-bond acceptors (Lipinski definition) is 7. The van der Waals surface area contributed by atoms with Crippen LogP contribution in [0.4, 0.5) is 5.69 Å². The van der Waals surface area contributed by atoms with Gasteiger partial charge in [-0.2, -0.15) is 0 Å². The first-order valence-electron chi connectivity index (χ1n) is 13.0. The fourth-order valence-corrected chi connectivity index (χ4v) is 5.65. The zero-order valence-corrected chi connectivity index (χ0v) is 23.0. The van der Waals surface area contributed by atoms with Crippen molar-refractivity contribution in [2.45, 2.75) is 38.5 Å². The van der Waals surface area contributed by atoms with E-state index in [1.165, 1.54) is 11.4 Å². The van der Waals surface area contributed by atoms with Crippen LogP contribution in [0, 0.1) is 0 Å². The highest BCUT2D eigenvalue weighted by molar-refractivity contribution is 7.92. The molecule has 1 aliphatic rings. The van der Waals surface area contributed by atoms with Crippen molar-refractivity contribution in [1.82, 2.24) is 10.6 Å². The van der Waals surface area contributed by atoms with Crippen LogP contribution in [0.2, 0.25) is 0 Å². The molecule has 0 saturated heterocycles. The van der Waals surface area contributed by atoms with Crippen LogP contribution in [0.3, 0.4) is 0 Å². The third kappa shape index (κ3) is 7.29. The van der Waals surface area contributed by atoms with E-state index in [0.717, 1.165) is 11.1 Å². The van der Waals surface area contributed by atoms with Gasteiger partial charge in [-0.3, -0.25) is 9.10 Å². The summed E-state index contributed by atoms with van der Waals surface area (Å²) in [6.07, 6.45) is 0.00399. The molecule has 1 heterocycles. The van der Waals surface area contributed by atoms with Gasteiger partial charge in [-0.1, -0.05) is 55.5 Å². The third-order valence-corrected chi connectivity index (χ3v) is 8.55. The quantitative estimate of drug-likeness (QED) is 0.298. The average molecular weight is 554 g/mol. The number of rotatable bonds is 13. The number of nitrogens with one attached hydrogen (secondary N) is 2. The van der Waals surface area contributed by atoms with Crippen molar-refractivity contribution >= 4 is 21.6 Å². The molecular formula is C29H35N3O6S. The maximum atomic E-state index is 13.3. The third-order valence-electron chi connectivity index (χ3n) is 6.58. The van der Waals surface area contributed by atoms with Gasteiger partial charge in [0.15, 0.2) is 11.5 Å². The largest absolute Gasteiger partial charge is 0.454 e. The molecule has 3 aromatic carbocycles. The second-order valence-electron chi connectivity index (χ2n) is 9.45. The molecule has 0 bridgehead atoms. The Morgan fingerprint density at radius 1 is 1.05 bits per heavy atom. The summed E-state index contributed by atoms with van der Waals surface area (Å²) in [5, 5.41) is 17.3. The van der Waals surface area contributed by atoms with Gasteiger partial charge in [0.2, 0.25) is 16.8 Å². The van der Waals surface area contributed by atoms with Crippen LogP contribution in [0.25, 0.3) is 0 Å². The van der Waals surface area contributed by atoms with E-state index >= 15 is 0 Å². The lowest BCUT2D eigenvalue weighted by atomic mass is 10.00. The number of anilines is 1. The fourth-order valence-electron chi connectivity index (χ4n) is 4.43. The Balaban J connectivity index is 1.45. The van der Waals surface area contributed by atoms with Crippen LogP contribution in [0.1, 0.15) is 34.8 Å². The van der Waals surface area contributed by atoms with Crippen LogP contribution < -0.4 is 24.4 Å². The molecule has 10 heteroatoms. The lowest BCUT2D eigenvalue weighted by Crippen LogP contribution is -2.48. The van der Waals surface area contributed by atoms with Gasteiger partial charge >= 0.3 is 0 Å². The molecule has 0 aliphatic carbocycles. The molecule has 39 heavy (non-hydrogen) atoms. The number of amides is 1. The molecule has 3 aromatic rings. The van der Waals surface area contributed by atoms with Gasteiger partial charge in [0.05, 0.1) is 23.6 Å². The summed E-state index contributed by atoms with van der Waals surface area (Å²) >= 11 is 0. The van der Waals surface area contributed by atoms with E-state index < -0.39 is 28.1 Å². The average Bonchev–Trinajstić information content (AvgIpc) is 3.43. The number of sulfonamides is 1. The van der Waals surface area contributed by atoms with Gasteiger partial charge in [0, 0.05) is 31.3 Å². The number of nitrogens with zero attached hydrogens (tertiary/aromatic N) is 1. The van der Waals surface area contributed by atoms with Gasteiger partial charge in [0.25, 0.3) is 5.91 Å². The second-order valence-corrected chi connectivity index (χ2v) is 11.6. The summed E-state index contributed by atoms with van der Waals surface area (Å²) in [6, 6.07) is 21.2. The number of para-hydroxylation sites is 1. The van der Waals surface area contributed by atoms with E-state index in [1.807, 2.05) is 48.5 Å². The normalized spacial score (nSPS) is 14.0. The lowest BCUT2D eigenvalue weighted by Gasteiger charge is -2.25. The summed E-state index contributed by atoms with van der Waals surface area (Å²) in [5.41, 5.74) is 2.59. The van der Waals surface area contributed by atoms with E-state index in [0.29, 0.717) is 42.1 Å². The van der Waals surface area contributed by atoms with Gasteiger partial charge in [-0.15, -0.1) is 0 Å². The number of ether oxygens (including phenoxy) is 2. The van der Waals surface area contributed by atoms with Gasteiger partial charge in [-0.05, 0) is 42.7 Å². The van der Waals surface area contributed by atoms with Crippen LogP contribution in [0.15, 0.2) is 72.8 Å². The Bertz CT molecular complexity index is 1370. The zero-order valence-electron chi connectivity index (χ0n) is 22.2. The Hall–Kier alpha value is -3.60. The number of benzene rings is 3. The first-order chi connectivity index (χ1) is 18.8. The molecule has 1 aliphatic heterocycles. The van der Waals surface area contributed by atoms with E-state index in [9.17, 15) is 18.3 Å². The summed E-state index contributed by atoms with van der Waals surface area (Å²) in [5.74, 6) is 1.01. The molecule has 0 spiro atoms. The second kappa shape index (κ2) is 13.0. The van der Waals surface area contributed by atoms with Crippen LogP contribution >= 0.6 is 0 Å². The lowest BCUT2D eigenvalue weighted by molar-refractivity contribution is 0.0830. The molecule has 2 atom stereocenters.